The number of ether oxygens (including phenoxy) is 2. The van der Waals surface area contributed by atoms with Crippen molar-refractivity contribution in [1.82, 2.24) is 14.9 Å². The Kier molecular flexibility index (Phi) is 8.70. The number of unbranched alkanes of at least 4 members (excludes halogenated alkanes) is 1. The SMILES string of the molecule is C=C(C)C(=O)NCCc1nc2ccccc2n1CCCCOc1ccc(/C=C/C)cc1OC. The average molecular weight is 448 g/mol. The van der Waals surface area contributed by atoms with Crippen LogP contribution in [0.4, 0.5) is 0 Å². The van der Waals surface area contributed by atoms with Crippen LogP contribution in [0.1, 0.15) is 38.1 Å². The zero-order valence-corrected chi connectivity index (χ0v) is 19.8. The maximum atomic E-state index is 11.8. The Morgan fingerprint density at radius 2 is 2.00 bits per heavy atom. The number of carbonyl (C=O) groups excluding carboxylic acids is 1. The summed E-state index contributed by atoms with van der Waals surface area (Å²) in [6.07, 6.45) is 6.55. The lowest BCUT2D eigenvalue weighted by atomic mass is 10.2. The summed E-state index contributed by atoms with van der Waals surface area (Å²) in [7, 11) is 1.66. The Morgan fingerprint density at radius 1 is 1.18 bits per heavy atom. The molecule has 0 unspecified atom stereocenters. The van der Waals surface area contributed by atoms with Gasteiger partial charge in [0.2, 0.25) is 5.91 Å². The van der Waals surface area contributed by atoms with Gasteiger partial charge < -0.3 is 19.4 Å². The first-order chi connectivity index (χ1) is 16.0. The zero-order valence-electron chi connectivity index (χ0n) is 19.8. The third-order valence-electron chi connectivity index (χ3n) is 5.34. The number of hydrogen-bond donors (Lipinski definition) is 1. The fourth-order valence-electron chi connectivity index (χ4n) is 3.66. The summed E-state index contributed by atoms with van der Waals surface area (Å²) >= 11 is 0. The molecule has 0 saturated heterocycles. The van der Waals surface area contributed by atoms with E-state index < -0.39 is 0 Å². The molecule has 1 amide bonds. The van der Waals surface area contributed by atoms with Crippen LogP contribution in [0, 0.1) is 0 Å². The standard InChI is InChI=1S/C27H33N3O3/c1-5-10-21-13-14-24(25(19-21)32-4)33-18-9-8-17-30-23-12-7-6-11-22(23)29-26(30)15-16-28-27(31)20(2)3/h5-7,10-14,19H,2,8-9,15-18H2,1,3-4H3,(H,28,31)/b10-5+. The van der Waals surface area contributed by atoms with Gasteiger partial charge in [-0.15, -0.1) is 0 Å². The minimum atomic E-state index is -0.121. The van der Waals surface area contributed by atoms with Crippen LogP contribution in [0.5, 0.6) is 11.5 Å². The van der Waals surface area contributed by atoms with Crippen LogP contribution in [0.25, 0.3) is 17.1 Å². The van der Waals surface area contributed by atoms with Gasteiger partial charge in [0.05, 0.1) is 24.8 Å². The molecule has 0 fully saturated rings. The number of benzene rings is 2. The van der Waals surface area contributed by atoms with Gasteiger partial charge >= 0.3 is 0 Å². The van der Waals surface area contributed by atoms with Crippen LogP contribution in [0.2, 0.25) is 0 Å². The molecule has 0 bridgehead atoms. The molecule has 2 aromatic carbocycles. The van der Waals surface area contributed by atoms with E-state index in [1.54, 1.807) is 14.0 Å². The van der Waals surface area contributed by atoms with Crippen molar-refractivity contribution in [3.05, 3.63) is 72.1 Å². The molecule has 0 saturated carbocycles. The Hall–Kier alpha value is -3.54. The van der Waals surface area contributed by atoms with E-state index in [0.29, 0.717) is 25.1 Å². The highest BCUT2D eigenvalue weighted by Gasteiger charge is 2.11. The van der Waals surface area contributed by atoms with Crippen molar-refractivity contribution in [3.63, 3.8) is 0 Å². The van der Waals surface area contributed by atoms with Crippen molar-refractivity contribution in [1.29, 1.82) is 0 Å². The molecular weight excluding hydrogens is 414 g/mol. The second-order valence-electron chi connectivity index (χ2n) is 7.92. The number of nitrogens with one attached hydrogen (secondary N) is 1. The van der Waals surface area contributed by atoms with Crippen molar-refractivity contribution >= 4 is 23.0 Å². The van der Waals surface area contributed by atoms with E-state index in [4.69, 9.17) is 14.5 Å². The molecule has 3 rings (SSSR count). The molecule has 33 heavy (non-hydrogen) atoms. The van der Waals surface area contributed by atoms with Crippen molar-refractivity contribution in [2.45, 2.75) is 39.7 Å². The lowest BCUT2D eigenvalue weighted by Gasteiger charge is -2.12. The van der Waals surface area contributed by atoms with E-state index >= 15 is 0 Å². The molecule has 0 aliphatic rings. The quantitative estimate of drug-likeness (QED) is 0.307. The molecule has 0 aliphatic carbocycles. The van der Waals surface area contributed by atoms with Crippen molar-refractivity contribution < 1.29 is 14.3 Å². The summed E-state index contributed by atoms with van der Waals surface area (Å²) in [5.41, 5.74) is 3.68. The maximum absolute atomic E-state index is 11.8. The van der Waals surface area contributed by atoms with E-state index in [9.17, 15) is 4.79 Å². The number of fused-ring (bicyclic) bond motifs is 1. The fraction of sp³-hybridized carbons (Fsp3) is 0.333. The number of amides is 1. The molecular formula is C27H33N3O3. The number of para-hydroxylation sites is 2. The summed E-state index contributed by atoms with van der Waals surface area (Å²) in [4.78, 5) is 16.6. The molecule has 1 N–H and O–H groups in total. The molecule has 0 atom stereocenters. The van der Waals surface area contributed by atoms with Gasteiger partial charge in [-0.2, -0.15) is 0 Å². The van der Waals surface area contributed by atoms with E-state index in [1.165, 1.54) is 0 Å². The number of aryl methyl sites for hydroxylation is 1. The summed E-state index contributed by atoms with van der Waals surface area (Å²) < 4.78 is 13.7. The minimum absolute atomic E-state index is 0.121. The highest BCUT2D eigenvalue weighted by atomic mass is 16.5. The molecule has 3 aromatic rings. The fourth-order valence-corrected chi connectivity index (χ4v) is 3.66. The average Bonchev–Trinajstić information content (AvgIpc) is 3.16. The van der Waals surface area contributed by atoms with E-state index in [2.05, 4.69) is 22.5 Å². The van der Waals surface area contributed by atoms with Crippen LogP contribution in [-0.2, 0) is 17.8 Å². The van der Waals surface area contributed by atoms with E-state index in [0.717, 1.165) is 53.3 Å². The topological polar surface area (TPSA) is 65.4 Å². The second kappa shape index (κ2) is 11.9. The molecule has 174 valence electrons. The normalized spacial score (nSPS) is 11.1. The van der Waals surface area contributed by atoms with Gasteiger partial charge in [-0.25, -0.2) is 4.98 Å². The van der Waals surface area contributed by atoms with Crippen molar-refractivity contribution in [2.24, 2.45) is 0 Å². The summed E-state index contributed by atoms with van der Waals surface area (Å²) in [5.74, 6) is 2.35. The molecule has 0 radical (unpaired) electrons. The first-order valence-electron chi connectivity index (χ1n) is 11.3. The first-order valence-corrected chi connectivity index (χ1v) is 11.3. The van der Waals surface area contributed by atoms with Gasteiger partial charge in [-0.1, -0.05) is 36.9 Å². The van der Waals surface area contributed by atoms with E-state index in [-0.39, 0.29) is 5.91 Å². The number of nitrogens with zero attached hydrogens (tertiary/aromatic N) is 2. The monoisotopic (exact) mass is 447 g/mol. The number of carbonyl (C=O) groups is 1. The minimum Gasteiger partial charge on any atom is -0.493 e. The second-order valence-corrected chi connectivity index (χ2v) is 7.92. The zero-order chi connectivity index (χ0) is 23.6. The largest absolute Gasteiger partial charge is 0.493 e. The van der Waals surface area contributed by atoms with Gasteiger partial charge in [0.1, 0.15) is 5.82 Å². The van der Waals surface area contributed by atoms with Gasteiger partial charge in [-0.05, 0) is 56.5 Å². The van der Waals surface area contributed by atoms with Gasteiger partial charge in [0.15, 0.2) is 11.5 Å². The summed E-state index contributed by atoms with van der Waals surface area (Å²) in [6.45, 7) is 9.35. The van der Waals surface area contributed by atoms with Crippen LogP contribution in [0.15, 0.2) is 60.7 Å². The molecule has 6 heteroatoms. The lowest BCUT2D eigenvalue weighted by Crippen LogP contribution is -2.26. The highest BCUT2D eigenvalue weighted by molar-refractivity contribution is 5.92. The highest BCUT2D eigenvalue weighted by Crippen LogP contribution is 2.29. The van der Waals surface area contributed by atoms with Gasteiger partial charge in [0, 0.05) is 25.1 Å². The van der Waals surface area contributed by atoms with Crippen LogP contribution in [-0.4, -0.2) is 35.7 Å². The first kappa shape index (κ1) is 24.1. The van der Waals surface area contributed by atoms with Crippen LogP contribution >= 0.6 is 0 Å². The van der Waals surface area contributed by atoms with Gasteiger partial charge in [0.25, 0.3) is 0 Å². The number of aromatic nitrogens is 2. The number of allylic oxidation sites excluding steroid dienone is 1. The third-order valence-corrected chi connectivity index (χ3v) is 5.34. The Morgan fingerprint density at radius 3 is 2.76 bits per heavy atom. The summed E-state index contributed by atoms with van der Waals surface area (Å²) in [5, 5.41) is 2.89. The molecule has 6 nitrogen and oxygen atoms in total. The molecule has 1 aromatic heterocycles. The molecule has 0 spiro atoms. The number of hydrogen-bond acceptors (Lipinski definition) is 4. The Bertz CT molecular complexity index is 1130. The number of rotatable bonds is 12. The Balaban J connectivity index is 1.57. The predicted molar refractivity (Wildman–Crippen MR) is 134 cm³/mol. The smallest absolute Gasteiger partial charge is 0.246 e. The van der Waals surface area contributed by atoms with Crippen LogP contribution < -0.4 is 14.8 Å². The molecule has 0 aliphatic heterocycles. The maximum Gasteiger partial charge on any atom is 0.246 e. The van der Waals surface area contributed by atoms with Crippen molar-refractivity contribution in [3.8, 4) is 11.5 Å². The predicted octanol–water partition coefficient (Wildman–Crippen LogP) is 5.17. The number of methoxy groups -OCH3 is 1. The van der Waals surface area contributed by atoms with Gasteiger partial charge in [-0.3, -0.25) is 4.79 Å². The summed E-state index contributed by atoms with van der Waals surface area (Å²) in [6, 6.07) is 14.1. The van der Waals surface area contributed by atoms with E-state index in [1.807, 2.05) is 55.5 Å². The third kappa shape index (κ3) is 6.48. The Labute approximate surface area is 195 Å². The van der Waals surface area contributed by atoms with Crippen LogP contribution in [0.3, 0.4) is 0 Å². The lowest BCUT2D eigenvalue weighted by molar-refractivity contribution is -0.117. The van der Waals surface area contributed by atoms with Crippen molar-refractivity contribution in [2.75, 3.05) is 20.3 Å². The molecule has 1 heterocycles. The number of imidazole rings is 1.